The molecule has 0 aliphatic rings. The lowest BCUT2D eigenvalue weighted by Crippen LogP contribution is -1.95. The third-order valence-corrected chi connectivity index (χ3v) is 1.37. The predicted octanol–water partition coefficient (Wildman–Crippen LogP) is 0.530. The van der Waals surface area contributed by atoms with Crippen LogP contribution in [0.5, 0.6) is 0 Å². The van der Waals surface area contributed by atoms with Gasteiger partial charge in [-0.3, -0.25) is 10.7 Å². The third-order valence-electron chi connectivity index (χ3n) is 1.37. The average molecular weight is 150 g/mol. The molecule has 2 heterocycles. The van der Waals surface area contributed by atoms with Gasteiger partial charge in [0, 0.05) is 18.3 Å². The first-order valence-electron chi connectivity index (χ1n) is 3.10. The van der Waals surface area contributed by atoms with Crippen LogP contribution in [0, 0.1) is 0 Å². The molecule has 0 aromatic carbocycles. The Hall–Kier alpha value is -1.62. The van der Waals surface area contributed by atoms with Gasteiger partial charge in [0.05, 0.1) is 6.20 Å². The Morgan fingerprint density at radius 2 is 2.36 bits per heavy atom. The Bertz CT molecular complexity index is 369. The maximum atomic E-state index is 8.49. The predicted molar refractivity (Wildman–Crippen MR) is 38.4 cm³/mol. The zero-order valence-corrected chi connectivity index (χ0v) is 5.60. The number of nitrogens with one attached hydrogen (secondary N) is 1. The van der Waals surface area contributed by atoms with E-state index in [1.165, 1.54) is 0 Å². The quantitative estimate of drug-likeness (QED) is 0.582. The second-order valence-corrected chi connectivity index (χ2v) is 2.06. The third kappa shape index (κ3) is 0.908. The van der Waals surface area contributed by atoms with Crippen LogP contribution in [-0.2, 0) is 0 Å². The highest BCUT2D eigenvalue weighted by atomic mass is 16.5. The Labute approximate surface area is 62.3 Å². The van der Waals surface area contributed by atoms with E-state index in [9.17, 15) is 0 Å². The Balaban J connectivity index is 2.67. The number of hydrogen-bond donors (Lipinski definition) is 2. The van der Waals surface area contributed by atoms with Crippen LogP contribution in [0.25, 0.3) is 5.65 Å². The maximum Gasteiger partial charge on any atom is 0.157 e. The number of fused-ring (bicyclic) bond motifs is 1. The number of nitrogens with zero attached hydrogens (tertiary/aromatic N) is 3. The molecular weight excluding hydrogens is 144 g/mol. The molecule has 0 atom stereocenters. The van der Waals surface area contributed by atoms with Crippen molar-refractivity contribution >= 4 is 11.5 Å². The van der Waals surface area contributed by atoms with Gasteiger partial charge in [0.1, 0.15) is 0 Å². The monoisotopic (exact) mass is 150 g/mol. The molecule has 0 aliphatic carbocycles. The highest BCUT2D eigenvalue weighted by Gasteiger charge is 1.94. The van der Waals surface area contributed by atoms with Gasteiger partial charge in [0.15, 0.2) is 11.5 Å². The fourth-order valence-electron chi connectivity index (χ4n) is 0.875. The number of rotatable bonds is 1. The fraction of sp³-hybridized carbons (Fsp3) is 0. The second-order valence-electron chi connectivity index (χ2n) is 2.06. The lowest BCUT2D eigenvalue weighted by Gasteiger charge is -1.96. The van der Waals surface area contributed by atoms with E-state index >= 15 is 0 Å². The molecule has 0 radical (unpaired) electrons. The van der Waals surface area contributed by atoms with Crippen molar-refractivity contribution in [1.29, 1.82) is 0 Å². The van der Waals surface area contributed by atoms with E-state index in [1.54, 1.807) is 29.0 Å². The Kier molecular flexibility index (Phi) is 1.23. The van der Waals surface area contributed by atoms with E-state index in [1.807, 2.05) is 5.48 Å². The van der Waals surface area contributed by atoms with E-state index in [0.717, 1.165) is 0 Å². The zero-order valence-electron chi connectivity index (χ0n) is 5.60. The number of hydrogen-bond acceptors (Lipinski definition) is 4. The Morgan fingerprint density at radius 1 is 1.45 bits per heavy atom. The van der Waals surface area contributed by atoms with Gasteiger partial charge in [-0.2, -0.15) is 5.10 Å². The van der Waals surface area contributed by atoms with Crippen molar-refractivity contribution in [2.45, 2.75) is 0 Å². The molecule has 2 aromatic heterocycles. The summed E-state index contributed by atoms with van der Waals surface area (Å²) < 4.78 is 1.61. The van der Waals surface area contributed by atoms with Gasteiger partial charge < -0.3 is 0 Å². The summed E-state index contributed by atoms with van der Waals surface area (Å²) in [5.41, 5.74) is 2.65. The number of aromatic nitrogens is 3. The molecule has 5 heteroatoms. The minimum atomic E-state index is 0.415. The highest BCUT2D eigenvalue weighted by molar-refractivity contribution is 5.43. The molecule has 0 fully saturated rings. The van der Waals surface area contributed by atoms with E-state index in [2.05, 4.69) is 10.1 Å². The summed E-state index contributed by atoms with van der Waals surface area (Å²) in [5, 5.41) is 12.4. The minimum absolute atomic E-state index is 0.415. The molecule has 2 aromatic rings. The number of anilines is 1. The molecule has 11 heavy (non-hydrogen) atoms. The van der Waals surface area contributed by atoms with Crippen LogP contribution in [0.15, 0.2) is 24.5 Å². The zero-order chi connectivity index (χ0) is 7.68. The lowest BCUT2D eigenvalue weighted by molar-refractivity contribution is 0.386. The van der Waals surface area contributed by atoms with E-state index in [-0.39, 0.29) is 0 Å². The van der Waals surface area contributed by atoms with Crippen LogP contribution >= 0.6 is 0 Å². The molecule has 2 rings (SSSR count). The molecule has 0 amide bonds. The van der Waals surface area contributed by atoms with Crippen molar-refractivity contribution in [1.82, 2.24) is 14.6 Å². The molecule has 0 saturated heterocycles. The van der Waals surface area contributed by atoms with Gasteiger partial charge in [-0.05, 0) is 0 Å². The molecular formula is C6H6N4O. The summed E-state index contributed by atoms with van der Waals surface area (Å²) >= 11 is 0. The van der Waals surface area contributed by atoms with Crippen LogP contribution in [0.2, 0.25) is 0 Å². The van der Waals surface area contributed by atoms with Crippen LogP contribution in [0.4, 0.5) is 5.82 Å². The molecule has 0 unspecified atom stereocenters. The molecule has 0 aliphatic heterocycles. The lowest BCUT2D eigenvalue weighted by atomic mass is 10.6. The van der Waals surface area contributed by atoms with Crippen LogP contribution in [0.1, 0.15) is 0 Å². The van der Waals surface area contributed by atoms with Crippen molar-refractivity contribution in [3.05, 3.63) is 24.5 Å². The first kappa shape index (κ1) is 6.11. The van der Waals surface area contributed by atoms with Gasteiger partial charge in [0.25, 0.3) is 0 Å². The van der Waals surface area contributed by atoms with Crippen molar-refractivity contribution in [2.24, 2.45) is 0 Å². The topological polar surface area (TPSA) is 62.5 Å². The van der Waals surface area contributed by atoms with Gasteiger partial charge in [-0.25, -0.2) is 9.50 Å². The largest absolute Gasteiger partial charge is 0.290 e. The van der Waals surface area contributed by atoms with Crippen molar-refractivity contribution < 1.29 is 5.21 Å². The molecule has 0 spiro atoms. The van der Waals surface area contributed by atoms with Gasteiger partial charge in [-0.1, -0.05) is 0 Å². The summed E-state index contributed by atoms with van der Waals surface area (Å²) in [7, 11) is 0. The minimum Gasteiger partial charge on any atom is -0.290 e. The van der Waals surface area contributed by atoms with Gasteiger partial charge in [-0.15, -0.1) is 0 Å². The molecule has 2 N–H and O–H groups in total. The van der Waals surface area contributed by atoms with E-state index in [0.29, 0.717) is 11.5 Å². The molecule has 5 nitrogen and oxygen atoms in total. The SMILES string of the molecule is ONc1ccn2nccc2n1. The van der Waals surface area contributed by atoms with Gasteiger partial charge in [0.2, 0.25) is 0 Å². The van der Waals surface area contributed by atoms with Crippen LogP contribution < -0.4 is 5.48 Å². The summed E-state index contributed by atoms with van der Waals surface area (Å²) in [4.78, 5) is 3.99. The second kappa shape index (κ2) is 2.21. The maximum absolute atomic E-state index is 8.49. The van der Waals surface area contributed by atoms with Gasteiger partial charge >= 0.3 is 0 Å². The summed E-state index contributed by atoms with van der Waals surface area (Å²) in [6.07, 6.45) is 3.35. The standard InChI is InChI=1S/C6H6N4O/c11-9-5-2-4-10-6(8-5)1-3-7-10/h1-4,11H,(H,8,9). The molecule has 0 bridgehead atoms. The smallest absolute Gasteiger partial charge is 0.157 e. The van der Waals surface area contributed by atoms with Crippen molar-refractivity contribution in [2.75, 3.05) is 5.48 Å². The average Bonchev–Trinajstić information content (AvgIpc) is 2.50. The normalized spacial score (nSPS) is 10.3. The van der Waals surface area contributed by atoms with Crippen molar-refractivity contribution in [3.8, 4) is 0 Å². The first-order valence-corrected chi connectivity index (χ1v) is 3.10. The fourth-order valence-corrected chi connectivity index (χ4v) is 0.875. The van der Waals surface area contributed by atoms with E-state index < -0.39 is 0 Å². The van der Waals surface area contributed by atoms with E-state index in [4.69, 9.17) is 5.21 Å². The summed E-state index contributed by atoms with van der Waals surface area (Å²) in [6.45, 7) is 0. The molecule has 0 saturated carbocycles. The van der Waals surface area contributed by atoms with Crippen LogP contribution in [0.3, 0.4) is 0 Å². The highest BCUT2D eigenvalue weighted by Crippen LogP contribution is 2.03. The summed E-state index contributed by atoms with van der Waals surface area (Å²) in [6, 6.07) is 3.38. The first-order chi connectivity index (χ1) is 5.40. The summed E-state index contributed by atoms with van der Waals surface area (Å²) in [5.74, 6) is 0.415. The Morgan fingerprint density at radius 3 is 3.18 bits per heavy atom. The molecule has 56 valence electrons. The van der Waals surface area contributed by atoms with Crippen molar-refractivity contribution in [3.63, 3.8) is 0 Å². The van der Waals surface area contributed by atoms with Crippen LogP contribution in [-0.4, -0.2) is 19.8 Å².